The van der Waals surface area contributed by atoms with E-state index in [0.717, 1.165) is 41.9 Å². The van der Waals surface area contributed by atoms with Gasteiger partial charge in [-0.15, -0.1) is 11.3 Å². The molecule has 7 nitrogen and oxygen atoms in total. The van der Waals surface area contributed by atoms with Crippen molar-refractivity contribution in [2.24, 2.45) is 0 Å². The van der Waals surface area contributed by atoms with Crippen molar-refractivity contribution in [3.8, 4) is 28.4 Å². The van der Waals surface area contributed by atoms with Crippen LogP contribution in [-0.2, 0) is 20.8 Å². The molecule has 2 heterocycles. The highest BCUT2D eigenvalue weighted by Crippen LogP contribution is 2.43. The highest BCUT2D eigenvalue weighted by atomic mass is 32.1. The summed E-state index contributed by atoms with van der Waals surface area (Å²) in [6.45, 7) is 1.09. The van der Waals surface area contributed by atoms with Gasteiger partial charge in [0.2, 0.25) is 5.75 Å². The van der Waals surface area contributed by atoms with Crippen molar-refractivity contribution in [2.75, 3.05) is 35.0 Å². The van der Waals surface area contributed by atoms with E-state index >= 15 is 0 Å². The van der Waals surface area contributed by atoms with Crippen LogP contribution in [0.15, 0.2) is 18.2 Å². The summed E-state index contributed by atoms with van der Waals surface area (Å²) < 4.78 is 32.8. The second kappa shape index (κ2) is 9.96. The standard InChI is InChI=1S/C21H26O7S/c1-23-16-9-13(10-17(24-2)19(16)25-3)15-11-14(29-20(15)21(22)26-4)12-28-18-7-5-6-8-27-18/h9-11,18H,5-8,12H2,1-4H3. The first-order chi connectivity index (χ1) is 14.1. The van der Waals surface area contributed by atoms with Gasteiger partial charge in [-0.05, 0) is 43.0 Å². The van der Waals surface area contributed by atoms with Crippen LogP contribution in [0.2, 0.25) is 0 Å². The van der Waals surface area contributed by atoms with Gasteiger partial charge in [-0.1, -0.05) is 0 Å². The molecule has 0 spiro atoms. The van der Waals surface area contributed by atoms with Crippen molar-refractivity contribution in [1.29, 1.82) is 0 Å². The van der Waals surface area contributed by atoms with Crippen molar-refractivity contribution in [3.63, 3.8) is 0 Å². The average molecular weight is 422 g/mol. The molecule has 158 valence electrons. The number of carbonyl (C=O) groups is 1. The monoisotopic (exact) mass is 422 g/mol. The van der Waals surface area contributed by atoms with Gasteiger partial charge < -0.3 is 28.4 Å². The van der Waals surface area contributed by atoms with Crippen molar-refractivity contribution >= 4 is 17.3 Å². The van der Waals surface area contributed by atoms with Crippen LogP contribution in [0.4, 0.5) is 0 Å². The first kappa shape index (κ1) is 21.4. The topological polar surface area (TPSA) is 72.5 Å². The number of rotatable bonds is 8. The smallest absolute Gasteiger partial charge is 0.348 e. The van der Waals surface area contributed by atoms with Gasteiger partial charge in [0.05, 0.1) is 35.0 Å². The van der Waals surface area contributed by atoms with Crippen molar-refractivity contribution in [3.05, 3.63) is 28.0 Å². The minimum atomic E-state index is -0.404. The third-order valence-electron chi connectivity index (χ3n) is 4.68. The highest BCUT2D eigenvalue weighted by Gasteiger charge is 2.23. The average Bonchev–Trinajstić information content (AvgIpc) is 3.21. The molecule has 29 heavy (non-hydrogen) atoms. The van der Waals surface area contributed by atoms with Crippen molar-refractivity contribution < 1.29 is 33.2 Å². The van der Waals surface area contributed by atoms with Crippen LogP contribution in [-0.4, -0.2) is 47.3 Å². The summed E-state index contributed by atoms with van der Waals surface area (Å²) in [5.41, 5.74) is 1.49. The summed E-state index contributed by atoms with van der Waals surface area (Å²) in [7, 11) is 6.03. The first-order valence-electron chi connectivity index (χ1n) is 9.35. The fourth-order valence-corrected chi connectivity index (χ4v) is 4.25. The molecule has 0 aliphatic carbocycles. The van der Waals surface area contributed by atoms with E-state index in [9.17, 15) is 4.79 Å². The van der Waals surface area contributed by atoms with Gasteiger partial charge in [0.15, 0.2) is 17.8 Å². The number of hydrogen-bond donors (Lipinski definition) is 0. The molecule has 1 aromatic heterocycles. The van der Waals surface area contributed by atoms with E-state index in [-0.39, 0.29) is 6.29 Å². The summed E-state index contributed by atoms with van der Waals surface area (Å²) >= 11 is 1.34. The molecule has 3 rings (SSSR count). The second-order valence-corrected chi connectivity index (χ2v) is 7.60. The van der Waals surface area contributed by atoms with Crippen LogP contribution in [0, 0.1) is 0 Å². The minimum absolute atomic E-state index is 0.197. The number of methoxy groups -OCH3 is 4. The first-order valence-corrected chi connectivity index (χ1v) is 10.2. The number of carbonyl (C=O) groups excluding carboxylic acids is 1. The van der Waals surface area contributed by atoms with Crippen LogP contribution in [0.3, 0.4) is 0 Å². The van der Waals surface area contributed by atoms with Gasteiger partial charge in [-0.25, -0.2) is 4.79 Å². The van der Waals surface area contributed by atoms with E-state index in [1.807, 2.05) is 18.2 Å². The zero-order valence-corrected chi connectivity index (χ0v) is 17.9. The Morgan fingerprint density at radius 1 is 1.07 bits per heavy atom. The van der Waals surface area contributed by atoms with Crippen LogP contribution < -0.4 is 14.2 Å². The number of hydrogen-bond acceptors (Lipinski definition) is 8. The van der Waals surface area contributed by atoms with Gasteiger partial charge in [0, 0.05) is 17.0 Å². The lowest BCUT2D eigenvalue weighted by Crippen LogP contribution is -2.21. The zero-order valence-electron chi connectivity index (χ0n) is 17.1. The summed E-state index contributed by atoms with van der Waals surface area (Å²) in [6.07, 6.45) is 2.85. The summed E-state index contributed by atoms with van der Waals surface area (Å²) in [4.78, 5) is 13.8. The Kier molecular flexibility index (Phi) is 7.35. The number of ether oxygens (including phenoxy) is 6. The molecular weight excluding hydrogens is 396 g/mol. The maximum atomic E-state index is 12.4. The molecule has 1 aliphatic heterocycles. The molecule has 1 fully saturated rings. The minimum Gasteiger partial charge on any atom is -0.493 e. The molecule has 8 heteroatoms. The van der Waals surface area contributed by atoms with Crippen LogP contribution in [0.1, 0.15) is 33.8 Å². The molecule has 1 saturated heterocycles. The normalized spacial score (nSPS) is 16.3. The molecule has 1 aliphatic rings. The molecule has 0 bridgehead atoms. The second-order valence-electron chi connectivity index (χ2n) is 6.47. The molecule has 0 saturated carbocycles. The largest absolute Gasteiger partial charge is 0.493 e. The van der Waals surface area contributed by atoms with Crippen LogP contribution in [0.25, 0.3) is 11.1 Å². The van der Waals surface area contributed by atoms with Crippen molar-refractivity contribution in [1.82, 2.24) is 0 Å². The molecule has 0 N–H and O–H groups in total. The van der Waals surface area contributed by atoms with Gasteiger partial charge in [0.25, 0.3) is 0 Å². The Hall–Kier alpha value is -2.29. The van der Waals surface area contributed by atoms with E-state index in [4.69, 9.17) is 28.4 Å². The fraction of sp³-hybridized carbons (Fsp3) is 0.476. The Balaban J connectivity index is 1.94. The van der Waals surface area contributed by atoms with Crippen LogP contribution in [0.5, 0.6) is 17.2 Å². The maximum absolute atomic E-state index is 12.4. The molecule has 1 atom stereocenters. The Morgan fingerprint density at radius 3 is 2.34 bits per heavy atom. The lowest BCUT2D eigenvalue weighted by atomic mass is 10.0. The highest BCUT2D eigenvalue weighted by molar-refractivity contribution is 7.14. The number of benzene rings is 1. The van der Waals surface area contributed by atoms with Gasteiger partial charge >= 0.3 is 5.97 Å². The Labute approximate surface area is 174 Å². The third-order valence-corrected chi connectivity index (χ3v) is 5.77. The van der Waals surface area contributed by atoms with E-state index in [1.54, 1.807) is 21.3 Å². The summed E-state index contributed by atoms with van der Waals surface area (Å²) in [5, 5.41) is 0. The Bertz CT molecular complexity index is 815. The van der Waals surface area contributed by atoms with Gasteiger partial charge in [0.1, 0.15) is 4.88 Å². The van der Waals surface area contributed by atoms with E-state index in [2.05, 4.69) is 0 Å². The predicted octanol–water partition coefficient (Wildman–Crippen LogP) is 4.27. The predicted molar refractivity (Wildman–Crippen MR) is 109 cm³/mol. The van der Waals surface area contributed by atoms with E-state index in [1.165, 1.54) is 18.4 Å². The number of esters is 1. The molecule has 1 aromatic carbocycles. The molecule has 1 unspecified atom stereocenters. The third kappa shape index (κ3) is 4.83. The molecule has 2 aromatic rings. The van der Waals surface area contributed by atoms with Gasteiger partial charge in [-0.2, -0.15) is 0 Å². The molecular formula is C21H26O7S. The van der Waals surface area contributed by atoms with Gasteiger partial charge in [-0.3, -0.25) is 0 Å². The summed E-state index contributed by atoms with van der Waals surface area (Å²) in [5.74, 6) is 1.11. The lowest BCUT2D eigenvalue weighted by molar-refractivity contribution is -0.168. The quantitative estimate of drug-likeness (QED) is 0.588. The van der Waals surface area contributed by atoms with Crippen molar-refractivity contribution in [2.45, 2.75) is 32.2 Å². The molecule has 0 amide bonds. The van der Waals surface area contributed by atoms with Crippen LogP contribution >= 0.6 is 11.3 Å². The molecule has 0 radical (unpaired) electrons. The Morgan fingerprint density at radius 2 is 1.79 bits per heavy atom. The summed E-state index contributed by atoms with van der Waals surface area (Å²) in [6, 6.07) is 5.55. The van der Waals surface area contributed by atoms with E-state index < -0.39 is 5.97 Å². The maximum Gasteiger partial charge on any atom is 0.348 e. The van der Waals surface area contributed by atoms with E-state index in [0.29, 0.717) is 28.7 Å². The fourth-order valence-electron chi connectivity index (χ4n) is 3.23. The SMILES string of the molecule is COC(=O)c1sc(COC2CCCCO2)cc1-c1cc(OC)c(OC)c(OC)c1. The lowest BCUT2D eigenvalue weighted by Gasteiger charge is -2.22. The zero-order chi connectivity index (χ0) is 20.8. The number of thiophene rings is 1.